The van der Waals surface area contributed by atoms with Crippen LogP contribution < -0.4 is 5.73 Å². The number of nitrogens with two attached hydrogens (primary N) is 1. The van der Waals surface area contributed by atoms with Crippen LogP contribution in [0.25, 0.3) is 10.9 Å². The molecule has 72 valence electrons. The monoisotopic (exact) mass is 188 g/mol. The summed E-state index contributed by atoms with van der Waals surface area (Å²) in [5, 5.41) is 1.06. The Hall–Kier alpha value is -1.77. The number of benzene rings is 1. The van der Waals surface area contributed by atoms with Gasteiger partial charge in [-0.05, 0) is 31.2 Å². The van der Waals surface area contributed by atoms with Crippen molar-refractivity contribution in [2.24, 2.45) is 12.8 Å². The number of carbonyl (C=O) groups excluding carboxylic acids is 1. The molecule has 0 atom stereocenters. The van der Waals surface area contributed by atoms with Gasteiger partial charge < -0.3 is 10.3 Å². The van der Waals surface area contributed by atoms with Crippen LogP contribution in [0.1, 0.15) is 16.1 Å². The van der Waals surface area contributed by atoms with Gasteiger partial charge in [-0.1, -0.05) is 0 Å². The maximum atomic E-state index is 11.0. The third-order valence-corrected chi connectivity index (χ3v) is 2.57. The fourth-order valence-corrected chi connectivity index (χ4v) is 1.64. The van der Waals surface area contributed by atoms with Crippen molar-refractivity contribution >= 4 is 16.8 Å². The van der Waals surface area contributed by atoms with Gasteiger partial charge in [0, 0.05) is 29.2 Å². The van der Waals surface area contributed by atoms with Crippen LogP contribution in [-0.2, 0) is 7.05 Å². The molecule has 3 heteroatoms. The van der Waals surface area contributed by atoms with Gasteiger partial charge in [0.1, 0.15) is 0 Å². The minimum Gasteiger partial charge on any atom is -0.366 e. The van der Waals surface area contributed by atoms with Gasteiger partial charge in [-0.25, -0.2) is 0 Å². The first-order valence-electron chi connectivity index (χ1n) is 4.45. The van der Waals surface area contributed by atoms with Gasteiger partial charge in [0.25, 0.3) is 0 Å². The van der Waals surface area contributed by atoms with Gasteiger partial charge in [-0.3, -0.25) is 4.79 Å². The molecular formula is C11H12N2O. The number of carbonyl (C=O) groups is 1. The Morgan fingerprint density at radius 3 is 2.71 bits per heavy atom. The maximum Gasteiger partial charge on any atom is 0.248 e. The van der Waals surface area contributed by atoms with E-state index in [1.54, 1.807) is 6.07 Å². The second-order valence-corrected chi connectivity index (χ2v) is 3.48. The summed E-state index contributed by atoms with van der Waals surface area (Å²) in [7, 11) is 2.00. The van der Waals surface area contributed by atoms with Crippen molar-refractivity contribution < 1.29 is 4.79 Å². The summed E-state index contributed by atoms with van der Waals surface area (Å²) >= 11 is 0. The van der Waals surface area contributed by atoms with Gasteiger partial charge in [0.05, 0.1) is 0 Å². The molecule has 0 spiro atoms. The number of nitrogens with zero attached hydrogens (tertiary/aromatic N) is 1. The van der Waals surface area contributed by atoms with E-state index >= 15 is 0 Å². The van der Waals surface area contributed by atoms with Gasteiger partial charge in [-0.15, -0.1) is 0 Å². The Labute approximate surface area is 82.1 Å². The summed E-state index contributed by atoms with van der Waals surface area (Å²) in [6, 6.07) is 7.54. The molecule has 2 aromatic rings. The van der Waals surface area contributed by atoms with Crippen LogP contribution in [-0.4, -0.2) is 10.5 Å². The summed E-state index contributed by atoms with van der Waals surface area (Å²) < 4.78 is 2.08. The van der Waals surface area contributed by atoms with E-state index < -0.39 is 0 Å². The summed E-state index contributed by atoms with van der Waals surface area (Å²) in [6.45, 7) is 2.03. The SMILES string of the molecule is Cc1cc2cc(C(N)=O)ccc2n1C. The van der Waals surface area contributed by atoms with E-state index in [9.17, 15) is 4.79 Å². The zero-order chi connectivity index (χ0) is 10.3. The smallest absolute Gasteiger partial charge is 0.248 e. The zero-order valence-electron chi connectivity index (χ0n) is 8.24. The molecule has 3 nitrogen and oxygen atoms in total. The van der Waals surface area contributed by atoms with Gasteiger partial charge in [-0.2, -0.15) is 0 Å². The first-order chi connectivity index (χ1) is 6.59. The van der Waals surface area contributed by atoms with Crippen molar-refractivity contribution in [3.63, 3.8) is 0 Å². The Balaban J connectivity index is 2.73. The summed E-state index contributed by atoms with van der Waals surface area (Å²) in [4.78, 5) is 11.0. The second kappa shape index (κ2) is 2.87. The summed E-state index contributed by atoms with van der Waals surface area (Å²) in [5.74, 6) is -0.381. The van der Waals surface area contributed by atoms with Gasteiger partial charge >= 0.3 is 0 Å². The molecule has 0 fully saturated rings. The van der Waals surface area contributed by atoms with Crippen molar-refractivity contribution in [3.05, 3.63) is 35.5 Å². The van der Waals surface area contributed by atoms with Gasteiger partial charge in [0.15, 0.2) is 0 Å². The molecule has 0 radical (unpaired) electrons. The van der Waals surface area contributed by atoms with E-state index in [1.165, 1.54) is 5.69 Å². The molecule has 2 N–H and O–H groups in total. The lowest BCUT2D eigenvalue weighted by molar-refractivity contribution is 0.100. The standard InChI is InChI=1S/C11H12N2O/c1-7-5-9-6-8(11(12)14)3-4-10(9)13(7)2/h3-6H,1-2H3,(H2,12,14). The molecule has 2 rings (SSSR count). The lowest BCUT2D eigenvalue weighted by Gasteiger charge is -1.99. The van der Waals surface area contributed by atoms with Crippen LogP contribution >= 0.6 is 0 Å². The van der Waals surface area contributed by atoms with E-state index in [0.717, 1.165) is 10.9 Å². The predicted octanol–water partition coefficient (Wildman–Crippen LogP) is 1.59. The number of amides is 1. The highest BCUT2D eigenvalue weighted by Gasteiger charge is 2.05. The number of aryl methyl sites for hydroxylation is 2. The molecular weight excluding hydrogens is 176 g/mol. The first kappa shape index (κ1) is 8.81. The number of fused-ring (bicyclic) bond motifs is 1. The Morgan fingerprint density at radius 2 is 2.07 bits per heavy atom. The van der Waals surface area contributed by atoms with Crippen molar-refractivity contribution in [2.75, 3.05) is 0 Å². The predicted molar refractivity (Wildman–Crippen MR) is 56.2 cm³/mol. The number of aromatic nitrogens is 1. The fraction of sp³-hybridized carbons (Fsp3) is 0.182. The molecule has 0 saturated heterocycles. The highest BCUT2D eigenvalue weighted by molar-refractivity contribution is 5.97. The molecule has 1 aromatic heterocycles. The normalized spacial score (nSPS) is 10.7. The minimum absolute atomic E-state index is 0.381. The largest absolute Gasteiger partial charge is 0.366 e. The Kier molecular flexibility index (Phi) is 1.81. The third-order valence-electron chi connectivity index (χ3n) is 2.57. The molecule has 0 aliphatic heterocycles. The van der Waals surface area contributed by atoms with Crippen molar-refractivity contribution in [3.8, 4) is 0 Å². The molecule has 1 heterocycles. The number of primary amides is 1. The molecule has 1 amide bonds. The van der Waals surface area contributed by atoms with Crippen LogP contribution in [0.15, 0.2) is 24.3 Å². The second-order valence-electron chi connectivity index (χ2n) is 3.48. The van der Waals surface area contributed by atoms with E-state index in [-0.39, 0.29) is 5.91 Å². The number of hydrogen-bond donors (Lipinski definition) is 1. The number of hydrogen-bond acceptors (Lipinski definition) is 1. The lowest BCUT2D eigenvalue weighted by atomic mass is 10.1. The Bertz CT molecular complexity index is 511. The zero-order valence-corrected chi connectivity index (χ0v) is 8.24. The van der Waals surface area contributed by atoms with Gasteiger partial charge in [0.2, 0.25) is 5.91 Å². The summed E-state index contributed by atoms with van der Waals surface area (Å²) in [6.07, 6.45) is 0. The molecule has 0 aliphatic rings. The average molecular weight is 188 g/mol. The molecule has 0 unspecified atom stereocenters. The third kappa shape index (κ3) is 1.18. The van der Waals surface area contributed by atoms with Crippen LogP contribution in [0.5, 0.6) is 0 Å². The van der Waals surface area contributed by atoms with Crippen LogP contribution in [0.4, 0.5) is 0 Å². The molecule has 0 aliphatic carbocycles. The quantitative estimate of drug-likeness (QED) is 0.725. The van der Waals surface area contributed by atoms with Crippen LogP contribution in [0.3, 0.4) is 0 Å². The molecule has 1 aromatic carbocycles. The molecule has 14 heavy (non-hydrogen) atoms. The van der Waals surface area contributed by atoms with E-state index in [0.29, 0.717) is 5.56 Å². The first-order valence-corrected chi connectivity index (χ1v) is 4.45. The van der Waals surface area contributed by atoms with Crippen LogP contribution in [0, 0.1) is 6.92 Å². The van der Waals surface area contributed by atoms with Crippen molar-refractivity contribution in [1.29, 1.82) is 0 Å². The van der Waals surface area contributed by atoms with Crippen molar-refractivity contribution in [2.45, 2.75) is 6.92 Å². The molecule has 0 saturated carbocycles. The Morgan fingerprint density at radius 1 is 1.36 bits per heavy atom. The van der Waals surface area contributed by atoms with E-state index in [1.807, 2.05) is 32.2 Å². The highest BCUT2D eigenvalue weighted by atomic mass is 16.1. The van der Waals surface area contributed by atoms with Crippen molar-refractivity contribution in [1.82, 2.24) is 4.57 Å². The highest BCUT2D eigenvalue weighted by Crippen LogP contribution is 2.19. The minimum atomic E-state index is -0.381. The van der Waals surface area contributed by atoms with Crippen LogP contribution in [0.2, 0.25) is 0 Å². The fourth-order valence-electron chi connectivity index (χ4n) is 1.64. The molecule has 0 bridgehead atoms. The topological polar surface area (TPSA) is 48.0 Å². The number of rotatable bonds is 1. The van der Waals surface area contributed by atoms with E-state index in [2.05, 4.69) is 4.57 Å². The lowest BCUT2D eigenvalue weighted by Crippen LogP contribution is -2.10. The van der Waals surface area contributed by atoms with E-state index in [4.69, 9.17) is 5.73 Å². The summed E-state index contributed by atoms with van der Waals surface area (Å²) in [5.41, 5.74) is 8.05. The average Bonchev–Trinajstić information content (AvgIpc) is 2.42. The maximum absolute atomic E-state index is 11.0.